The highest BCUT2D eigenvalue weighted by Gasteiger charge is 2.18. The predicted octanol–water partition coefficient (Wildman–Crippen LogP) is 3.40. The number of aromatic nitrogens is 2. The number of nitrogen functional groups attached to an aromatic ring is 1. The number of benzene rings is 1. The van der Waals surface area contributed by atoms with E-state index in [2.05, 4.69) is 10.2 Å². The van der Waals surface area contributed by atoms with Crippen LogP contribution in [0.2, 0.25) is 0 Å². The topological polar surface area (TPSA) is 73.2 Å². The normalized spacial score (nSPS) is 10.6. The van der Waals surface area contributed by atoms with Crippen molar-refractivity contribution in [2.24, 2.45) is 0 Å². The number of thiophene rings is 1. The maximum atomic E-state index is 6.03. The molecule has 0 aliphatic carbocycles. The first kappa shape index (κ1) is 13.5. The van der Waals surface area contributed by atoms with E-state index in [1.165, 1.54) is 0 Å². The highest BCUT2D eigenvalue weighted by molar-refractivity contribution is 7.14. The van der Waals surface area contributed by atoms with Crippen molar-refractivity contribution in [3.63, 3.8) is 0 Å². The lowest BCUT2D eigenvalue weighted by Crippen LogP contribution is -1.89. The maximum Gasteiger partial charge on any atom is 0.153 e. The summed E-state index contributed by atoms with van der Waals surface area (Å²) in [5.74, 6) is 2.07. The minimum atomic E-state index is 0.464. The molecule has 3 aromatic rings. The number of ether oxygens (including phenoxy) is 2. The number of nitrogens with one attached hydrogen (secondary N) is 1. The van der Waals surface area contributed by atoms with Gasteiger partial charge in [-0.05, 0) is 29.1 Å². The van der Waals surface area contributed by atoms with Gasteiger partial charge in [-0.25, -0.2) is 0 Å². The molecular weight excluding hydrogens is 286 g/mol. The highest BCUT2D eigenvalue weighted by Crippen LogP contribution is 2.42. The summed E-state index contributed by atoms with van der Waals surface area (Å²) >= 11 is 1.58. The summed E-state index contributed by atoms with van der Waals surface area (Å²) in [5.41, 5.74) is 8.75. The molecule has 2 aromatic heterocycles. The minimum Gasteiger partial charge on any atom is -0.497 e. The van der Waals surface area contributed by atoms with E-state index >= 15 is 0 Å². The zero-order valence-corrected chi connectivity index (χ0v) is 12.5. The van der Waals surface area contributed by atoms with Gasteiger partial charge in [-0.15, -0.1) is 11.3 Å². The van der Waals surface area contributed by atoms with Gasteiger partial charge in [-0.1, -0.05) is 12.1 Å². The molecule has 0 aliphatic rings. The van der Waals surface area contributed by atoms with Gasteiger partial charge in [0.25, 0.3) is 0 Å². The van der Waals surface area contributed by atoms with Crippen LogP contribution < -0.4 is 15.2 Å². The molecule has 0 radical (unpaired) electrons. The summed E-state index contributed by atoms with van der Waals surface area (Å²) in [6.07, 6.45) is 0. The molecule has 0 spiro atoms. The molecule has 0 saturated carbocycles. The van der Waals surface area contributed by atoms with Crippen molar-refractivity contribution in [3.05, 3.63) is 35.7 Å². The van der Waals surface area contributed by atoms with E-state index < -0.39 is 0 Å². The average molecular weight is 301 g/mol. The molecule has 3 rings (SSSR count). The first-order chi connectivity index (χ1) is 10.2. The number of hydrogen-bond acceptors (Lipinski definition) is 5. The Bertz CT molecular complexity index is 747. The lowest BCUT2D eigenvalue weighted by molar-refractivity contribution is 0.415. The first-order valence-corrected chi connectivity index (χ1v) is 7.22. The Kier molecular flexibility index (Phi) is 3.53. The molecule has 108 valence electrons. The van der Waals surface area contributed by atoms with Gasteiger partial charge in [0, 0.05) is 0 Å². The number of methoxy groups -OCH3 is 2. The van der Waals surface area contributed by atoms with Crippen molar-refractivity contribution in [1.29, 1.82) is 0 Å². The van der Waals surface area contributed by atoms with E-state index in [1.807, 2.05) is 35.7 Å². The largest absolute Gasteiger partial charge is 0.497 e. The lowest BCUT2D eigenvalue weighted by atomic mass is 10.0. The van der Waals surface area contributed by atoms with Crippen molar-refractivity contribution in [3.8, 4) is 33.2 Å². The van der Waals surface area contributed by atoms with Crippen molar-refractivity contribution < 1.29 is 9.47 Å². The zero-order valence-electron chi connectivity index (χ0n) is 11.7. The third-order valence-electron chi connectivity index (χ3n) is 3.25. The monoisotopic (exact) mass is 301 g/mol. The van der Waals surface area contributed by atoms with Gasteiger partial charge in [0.05, 0.1) is 30.4 Å². The van der Waals surface area contributed by atoms with Crippen LogP contribution in [0.4, 0.5) is 5.82 Å². The Morgan fingerprint density at radius 1 is 1.10 bits per heavy atom. The summed E-state index contributed by atoms with van der Waals surface area (Å²) < 4.78 is 10.6. The Balaban J connectivity index is 2.12. The second-order valence-electron chi connectivity index (χ2n) is 4.41. The molecule has 3 N–H and O–H groups in total. The Morgan fingerprint density at radius 3 is 2.52 bits per heavy atom. The van der Waals surface area contributed by atoms with Crippen LogP contribution in [0.15, 0.2) is 35.7 Å². The fourth-order valence-corrected chi connectivity index (χ4v) is 3.07. The fraction of sp³-hybridized carbons (Fsp3) is 0.133. The predicted molar refractivity (Wildman–Crippen MR) is 84.9 cm³/mol. The van der Waals surface area contributed by atoms with Crippen LogP contribution in [0.25, 0.3) is 21.7 Å². The number of rotatable bonds is 4. The van der Waals surface area contributed by atoms with E-state index in [4.69, 9.17) is 15.2 Å². The van der Waals surface area contributed by atoms with E-state index in [1.54, 1.807) is 25.6 Å². The first-order valence-electron chi connectivity index (χ1n) is 6.34. The third kappa shape index (κ3) is 2.34. The maximum absolute atomic E-state index is 6.03. The Morgan fingerprint density at radius 2 is 1.86 bits per heavy atom. The molecule has 1 aromatic carbocycles. The minimum absolute atomic E-state index is 0.464. The van der Waals surface area contributed by atoms with E-state index in [-0.39, 0.29) is 0 Å². The molecule has 0 atom stereocenters. The van der Waals surface area contributed by atoms with E-state index in [0.29, 0.717) is 5.82 Å². The molecule has 6 heteroatoms. The summed E-state index contributed by atoms with van der Waals surface area (Å²) in [6.45, 7) is 0. The van der Waals surface area contributed by atoms with Crippen molar-refractivity contribution in [2.75, 3.05) is 20.0 Å². The number of hydrogen-bond donors (Lipinski definition) is 2. The molecule has 0 saturated heterocycles. The van der Waals surface area contributed by atoms with Crippen LogP contribution >= 0.6 is 11.3 Å². The van der Waals surface area contributed by atoms with Crippen LogP contribution in [0, 0.1) is 0 Å². The van der Waals surface area contributed by atoms with Crippen LogP contribution in [0.5, 0.6) is 11.5 Å². The van der Waals surface area contributed by atoms with Crippen LogP contribution in [-0.2, 0) is 0 Å². The number of H-pyrrole nitrogens is 1. The van der Waals surface area contributed by atoms with Gasteiger partial charge >= 0.3 is 0 Å². The fourth-order valence-electron chi connectivity index (χ4n) is 2.21. The highest BCUT2D eigenvalue weighted by atomic mass is 32.1. The van der Waals surface area contributed by atoms with Crippen molar-refractivity contribution >= 4 is 17.2 Å². The van der Waals surface area contributed by atoms with Gasteiger partial charge < -0.3 is 15.2 Å². The molecule has 0 bridgehead atoms. The lowest BCUT2D eigenvalue weighted by Gasteiger charge is -2.06. The van der Waals surface area contributed by atoms with E-state index in [0.717, 1.165) is 33.2 Å². The number of nitrogens with two attached hydrogens (primary N) is 1. The van der Waals surface area contributed by atoms with Gasteiger partial charge in [-0.3, -0.25) is 5.10 Å². The van der Waals surface area contributed by atoms with Crippen molar-refractivity contribution in [1.82, 2.24) is 10.2 Å². The molecule has 2 heterocycles. The third-order valence-corrected chi connectivity index (χ3v) is 4.16. The van der Waals surface area contributed by atoms with Gasteiger partial charge in [0.15, 0.2) is 5.82 Å². The van der Waals surface area contributed by atoms with Crippen LogP contribution in [0.3, 0.4) is 0 Å². The second-order valence-corrected chi connectivity index (χ2v) is 5.32. The van der Waals surface area contributed by atoms with Gasteiger partial charge in [0.2, 0.25) is 0 Å². The summed E-state index contributed by atoms with van der Waals surface area (Å²) in [5, 5.41) is 9.12. The Hall–Kier alpha value is -2.47. The summed E-state index contributed by atoms with van der Waals surface area (Å²) in [4.78, 5) is 0.979. The van der Waals surface area contributed by atoms with Gasteiger partial charge in [0.1, 0.15) is 11.5 Å². The summed E-state index contributed by atoms with van der Waals surface area (Å²) in [7, 11) is 3.29. The van der Waals surface area contributed by atoms with Crippen LogP contribution in [0.1, 0.15) is 0 Å². The molecular formula is C15H15N3O2S. The second kappa shape index (κ2) is 5.49. The quantitative estimate of drug-likeness (QED) is 0.774. The molecule has 0 fully saturated rings. The number of anilines is 1. The van der Waals surface area contributed by atoms with Crippen LogP contribution in [-0.4, -0.2) is 24.4 Å². The van der Waals surface area contributed by atoms with Crippen molar-refractivity contribution in [2.45, 2.75) is 0 Å². The average Bonchev–Trinajstić information content (AvgIpc) is 3.13. The Labute approximate surface area is 126 Å². The SMILES string of the molecule is COc1ccc(-c2c(N)n[nH]c2-c2sccc2OC)cc1. The molecule has 0 amide bonds. The van der Waals surface area contributed by atoms with E-state index in [9.17, 15) is 0 Å². The zero-order chi connectivity index (χ0) is 14.8. The summed E-state index contributed by atoms with van der Waals surface area (Å²) in [6, 6.07) is 9.65. The van der Waals surface area contributed by atoms with Gasteiger partial charge in [-0.2, -0.15) is 5.10 Å². The molecule has 21 heavy (non-hydrogen) atoms. The standard InChI is InChI=1S/C15H15N3O2S/c1-19-10-5-3-9(4-6-10)12-13(17-18-15(12)16)14-11(20-2)7-8-21-14/h3-8H,1-2H3,(H3,16,17,18). The smallest absolute Gasteiger partial charge is 0.153 e. The molecule has 0 aliphatic heterocycles. The molecule has 0 unspecified atom stereocenters. The number of nitrogens with zero attached hydrogens (tertiary/aromatic N) is 1. The molecule has 5 nitrogen and oxygen atoms in total. The number of aromatic amines is 1.